The Balaban J connectivity index is 1.37. The summed E-state index contributed by atoms with van der Waals surface area (Å²) >= 11 is 0. The average molecular weight is 519 g/mol. The Kier molecular flexibility index (Phi) is 5.64. The van der Waals surface area contributed by atoms with Crippen molar-refractivity contribution < 1.29 is 5.11 Å². The van der Waals surface area contributed by atoms with Crippen LogP contribution in [0, 0.1) is 0 Å². The standard InChI is InChI=1S/C35H26N4O/c1-39(2)29-17-27(16-28(18-29)35-30-11-6-5-10-24(30)21-36-38-35)32-12-7-13-33(37-32)31-19-25-14-22-8-3-4-9-23(22)15-26(25)20-34(31)40/h3-21,40H,1-2H3. The van der Waals surface area contributed by atoms with Crippen LogP contribution in [0.3, 0.4) is 0 Å². The Hall–Kier alpha value is -5.29. The number of pyridine rings is 1. The van der Waals surface area contributed by atoms with Gasteiger partial charge in [-0.25, -0.2) is 4.98 Å². The minimum atomic E-state index is 0.209. The van der Waals surface area contributed by atoms with E-state index in [-0.39, 0.29) is 5.75 Å². The summed E-state index contributed by atoms with van der Waals surface area (Å²) in [6.07, 6.45) is 1.79. The molecule has 0 spiro atoms. The second kappa shape index (κ2) is 9.47. The SMILES string of the molecule is CN(C)c1cc(-c2cccc(-c3cc4cc5ccccc5cc4cc3O)n2)cc(-c2nncc3ccccc23)c1. The largest absolute Gasteiger partial charge is 0.507 e. The van der Waals surface area contributed by atoms with Crippen molar-refractivity contribution >= 4 is 38.0 Å². The van der Waals surface area contributed by atoms with E-state index in [2.05, 4.69) is 63.6 Å². The van der Waals surface area contributed by atoms with Crippen LogP contribution >= 0.6 is 0 Å². The molecule has 5 nitrogen and oxygen atoms in total. The summed E-state index contributed by atoms with van der Waals surface area (Å²) in [6, 6.07) is 36.9. The molecule has 0 aliphatic heterocycles. The molecule has 0 atom stereocenters. The van der Waals surface area contributed by atoms with Crippen LogP contribution in [0.4, 0.5) is 5.69 Å². The van der Waals surface area contributed by atoms with Crippen molar-refractivity contribution in [3.63, 3.8) is 0 Å². The maximum absolute atomic E-state index is 11.0. The number of fused-ring (bicyclic) bond motifs is 3. The van der Waals surface area contributed by atoms with Gasteiger partial charge in [0.25, 0.3) is 0 Å². The van der Waals surface area contributed by atoms with E-state index in [4.69, 9.17) is 4.98 Å². The van der Waals surface area contributed by atoms with E-state index in [0.29, 0.717) is 11.3 Å². The zero-order valence-electron chi connectivity index (χ0n) is 22.2. The van der Waals surface area contributed by atoms with Crippen LogP contribution in [0.5, 0.6) is 5.75 Å². The Bertz CT molecular complexity index is 2060. The summed E-state index contributed by atoms with van der Waals surface area (Å²) < 4.78 is 0. The minimum Gasteiger partial charge on any atom is -0.507 e. The average Bonchev–Trinajstić information content (AvgIpc) is 2.99. The monoisotopic (exact) mass is 518 g/mol. The number of rotatable bonds is 4. The smallest absolute Gasteiger partial charge is 0.125 e. The summed E-state index contributed by atoms with van der Waals surface area (Å²) in [5.74, 6) is 0.209. The molecule has 0 aliphatic rings. The molecule has 2 heterocycles. The fraction of sp³-hybridized carbons (Fsp3) is 0.0571. The van der Waals surface area contributed by atoms with Gasteiger partial charge in [-0.2, -0.15) is 5.10 Å². The van der Waals surface area contributed by atoms with Crippen LogP contribution < -0.4 is 4.90 Å². The summed E-state index contributed by atoms with van der Waals surface area (Å²) in [7, 11) is 4.05. The molecule has 7 rings (SSSR count). The van der Waals surface area contributed by atoms with Gasteiger partial charge in [0.05, 0.1) is 17.6 Å². The highest BCUT2D eigenvalue weighted by Crippen LogP contribution is 2.37. The summed E-state index contributed by atoms with van der Waals surface area (Å²) in [5.41, 5.74) is 6.03. The predicted molar refractivity (Wildman–Crippen MR) is 165 cm³/mol. The molecule has 0 saturated heterocycles. The molecule has 0 aliphatic carbocycles. The summed E-state index contributed by atoms with van der Waals surface area (Å²) in [4.78, 5) is 7.10. The molecule has 192 valence electrons. The van der Waals surface area contributed by atoms with E-state index in [0.717, 1.165) is 60.5 Å². The third-order valence-electron chi connectivity index (χ3n) is 7.42. The van der Waals surface area contributed by atoms with Crippen LogP contribution in [0.2, 0.25) is 0 Å². The lowest BCUT2D eigenvalue weighted by atomic mass is 9.98. The Morgan fingerprint density at radius 2 is 1.27 bits per heavy atom. The molecule has 0 bridgehead atoms. The summed E-state index contributed by atoms with van der Waals surface area (Å²) in [5, 5.41) is 26.3. The highest BCUT2D eigenvalue weighted by atomic mass is 16.3. The number of phenols is 1. The van der Waals surface area contributed by atoms with E-state index in [9.17, 15) is 5.11 Å². The first-order chi connectivity index (χ1) is 19.5. The lowest BCUT2D eigenvalue weighted by Crippen LogP contribution is -2.09. The van der Waals surface area contributed by atoms with Crippen molar-refractivity contribution in [1.29, 1.82) is 0 Å². The van der Waals surface area contributed by atoms with Crippen molar-refractivity contribution in [1.82, 2.24) is 15.2 Å². The molecule has 0 fully saturated rings. The Morgan fingerprint density at radius 3 is 2.05 bits per heavy atom. The van der Waals surface area contributed by atoms with Gasteiger partial charge in [0, 0.05) is 47.2 Å². The first-order valence-electron chi connectivity index (χ1n) is 13.2. The summed E-state index contributed by atoms with van der Waals surface area (Å²) in [6.45, 7) is 0. The van der Waals surface area contributed by atoms with Crippen molar-refractivity contribution in [3.05, 3.63) is 115 Å². The van der Waals surface area contributed by atoms with E-state index in [1.54, 1.807) is 6.20 Å². The van der Waals surface area contributed by atoms with Gasteiger partial charge in [-0.3, -0.25) is 0 Å². The highest BCUT2D eigenvalue weighted by molar-refractivity contribution is 6.01. The second-order valence-electron chi connectivity index (χ2n) is 10.3. The lowest BCUT2D eigenvalue weighted by Gasteiger charge is -2.17. The number of hydrogen-bond donors (Lipinski definition) is 1. The van der Waals surface area contributed by atoms with Gasteiger partial charge < -0.3 is 10.0 Å². The van der Waals surface area contributed by atoms with Gasteiger partial charge in [-0.1, -0.05) is 54.6 Å². The van der Waals surface area contributed by atoms with Crippen molar-refractivity contribution in [2.24, 2.45) is 0 Å². The van der Waals surface area contributed by atoms with Crippen molar-refractivity contribution in [3.8, 4) is 39.5 Å². The molecule has 1 N–H and O–H groups in total. The minimum absolute atomic E-state index is 0.209. The number of phenolic OH excluding ortho intramolecular Hbond substituents is 1. The third kappa shape index (κ3) is 4.18. The van der Waals surface area contributed by atoms with E-state index in [1.807, 2.05) is 74.8 Å². The molecular formula is C35H26N4O. The van der Waals surface area contributed by atoms with Crippen LogP contribution in [0.1, 0.15) is 0 Å². The van der Waals surface area contributed by atoms with Crippen LogP contribution in [-0.4, -0.2) is 34.4 Å². The number of aromatic hydroxyl groups is 1. The molecule has 0 unspecified atom stereocenters. The van der Waals surface area contributed by atoms with E-state index < -0.39 is 0 Å². The van der Waals surface area contributed by atoms with Crippen LogP contribution in [0.25, 0.3) is 66.1 Å². The zero-order valence-corrected chi connectivity index (χ0v) is 22.2. The number of hydrogen-bond acceptors (Lipinski definition) is 5. The quantitative estimate of drug-likeness (QED) is 0.239. The van der Waals surface area contributed by atoms with E-state index in [1.165, 1.54) is 0 Å². The number of anilines is 1. The molecule has 0 amide bonds. The number of nitrogens with zero attached hydrogens (tertiary/aromatic N) is 4. The van der Waals surface area contributed by atoms with Crippen LogP contribution in [0.15, 0.2) is 115 Å². The molecule has 5 heteroatoms. The molecule has 7 aromatic rings. The van der Waals surface area contributed by atoms with Crippen LogP contribution in [-0.2, 0) is 0 Å². The van der Waals surface area contributed by atoms with Gasteiger partial charge in [0.1, 0.15) is 11.4 Å². The molecule has 40 heavy (non-hydrogen) atoms. The van der Waals surface area contributed by atoms with Crippen molar-refractivity contribution in [2.45, 2.75) is 0 Å². The second-order valence-corrected chi connectivity index (χ2v) is 10.3. The maximum atomic E-state index is 11.0. The molecular weight excluding hydrogens is 492 g/mol. The molecule has 2 aromatic heterocycles. The van der Waals surface area contributed by atoms with E-state index >= 15 is 0 Å². The number of aromatic nitrogens is 3. The topological polar surface area (TPSA) is 62.1 Å². The first-order valence-corrected chi connectivity index (χ1v) is 13.2. The lowest BCUT2D eigenvalue weighted by molar-refractivity contribution is 0.478. The fourth-order valence-electron chi connectivity index (χ4n) is 5.33. The normalized spacial score (nSPS) is 11.3. The first kappa shape index (κ1) is 23.8. The Morgan fingerprint density at radius 1 is 0.600 bits per heavy atom. The fourth-order valence-corrected chi connectivity index (χ4v) is 5.33. The number of benzene rings is 5. The molecule has 5 aromatic carbocycles. The van der Waals surface area contributed by atoms with Gasteiger partial charge in [-0.15, -0.1) is 5.10 Å². The van der Waals surface area contributed by atoms with Crippen molar-refractivity contribution in [2.75, 3.05) is 19.0 Å². The Labute approximate surface area is 232 Å². The van der Waals surface area contributed by atoms with Gasteiger partial charge in [0.2, 0.25) is 0 Å². The predicted octanol–water partition coefficient (Wildman–Crippen LogP) is 8.10. The van der Waals surface area contributed by atoms with Gasteiger partial charge >= 0.3 is 0 Å². The highest BCUT2D eigenvalue weighted by Gasteiger charge is 2.14. The molecule has 0 radical (unpaired) electrons. The zero-order chi connectivity index (χ0) is 27.2. The van der Waals surface area contributed by atoms with Gasteiger partial charge in [0.15, 0.2) is 0 Å². The third-order valence-corrected chi connectivity index (χ3v) is 7.42. The maximum Gasteiger partial charge on any atom is 0.125 e. The molecule has 0 saturated carbocycles. The van der Waals surface area contributed by atoms with Gasteiger partial charge in [-0.05, 0) is 76.1 Å².